The van der Waals surface area contributed by atoms with Crippen molar-refractivity contribution in [2.45, 2.75) is 6.18 Å². The Morgan fingerprint density at radius 3 is 2.37 bits per heavy atom. The van der Waals surface area contributed by atoms with Gasteiger partial charge in [-0.05, 0) is 54.6 Å². The summed E-state index contributed by atoms with van der Waals surface area (Å²) in [5.41, 5.74) is 1.07. The maximum Gasteiger partial charge on any atom is 0.416 e. The Kier molecular flexibility index (Phi) is 5.13. The van der Waals surface area contributed by atoms with Crippen LogP contribution in [-0.2, 0) is 6.18 Å². The summed E-state index contributed by atoms with van der Waals surface area (Å²) >= 11 is 1.26. The van der Waals surface area contributed by atoms with Gasteiger partial charge in [0.25, 0.3) is 0 Å². The van der Waals surface area contributed by atoms with E-state index in [9.17, 15) is 22.4 Å². The summed E-state index contributed by atoms with van der Waals surface area (Å²) < 4.78 is 52.3. The standard InChI is InChI=1S/C21H13F4N3OS/c22-14-5-7-15(8-6-14)26-20(29)27-16-3-1-2-12(10-16)19-28-17-11-13(21(23,24)25)4-9-18(17)30-19/h1-11H,(H2,26,27,29). The molecule has 4 aromatic rings. The highest BCUT2D eigenvalue weighted by molar-refractivity contribution is 7.21. The molecule has 0 aliphatic heterocycles. The number of rotatable bonds is 3. The predicted octanol–water partition coefficient (Wildman–Crippen LogP) is 6.77. The molecular formula is C21H13F4N3OS. The largest absolute Gasteiger partial charge is 0.416 e. The van der Waals surface area contributed by atoms with Gasteiger partial charge in [0.05, 0.1) is 15.8 Å². The van der Waals surface area contributed by atoms with Crippen LogP contribution in [0.4, 0.5) is 33.7 Å². The minimum atomic E-state index is -4.43. The van der Waals surface area contributed by atoms with Crippen molar-refractivity contribution in [3.63, 3.8) is 0 Å². The molecule has 0 saturated heterocycles. The van der Waals surface area contributed by atoms with Crippen molar-refractivity contribution in [1.29, 1.82) is 0 Å². The van der Waals surface area contributed by atoms with Gasteiger partial charge in [0.2, 0.25) is 0 Å². The summed E-state index contributed by atoms with van der Waals surface area (Å²) in [6.45, 7) is 0. The van der Waals surface area contributed by atoms with Crippen LogP contribution >= 0.6 is 11.3 Å². The number of fused-ring (bicyclic) bond motifs is 1. The second kappa shape index (κ2) is 7.75. The van der Waals surface area contributed by atoms with Crippen LogP contribution in [0.5, 0.6) is 0 Å². The summed E-state index contributed by atoms with van der Waals surface area (Å²) in [7, 11) is 0. The Hall–Kier alpha value is -3.46. The molecule has 0 radical (unpaired) electrons. The van der Waals surface area contributed by atoms with Gasteiger partial charge in [-0.1, -0.05) is 12.1 Å². The van der Waals surface area contributed by atoms with Gasteiger partial charge in [-0.15, -0.1) is 11.3 Å². The number of alkyl halides is 3. The second-order valence-corrected chi connectivity index (χ2v) is 7.40. The monoisotopic (exact) mass is 431 g/mol. The number of benzene rings is 3. The molecule has 2 amide bonds. The molecule has 0 aliphatic rings. The first-order valence-corrected chi connectivity index (χ1v) is 9.51. The summed E-state index contributed by atoms with van der Waals surface area (Å²) in [5, 5.41) is 5.78. The lowest BCUT2D eigenvalue weighted by atomic mass is 10.2. The SMILES string of the molecule is O=C(Nc1ccc(F)cc1)Nc1cccc(-c2nc3cc(C(F)(F)F)ccc3s2)c1. The van der Waals surface area contributed by atoms with Crippen LogP contribution in [0.2, 0.25) is 0 Å². The minimum Gasteiger partial charge on any atom is -0.308 e. The van der Waals surface area contributed by atoms with E-state index in [0.29, 0.717) is 26.6 Å². The molecule has 4 nitrogen and oxygen atoms in total. The van der Waals surface area contributed by atoms with Crippen LogP contribution in [0.15, 0.2) is 66.7 Å². The molecule has 0 aliphatic carbocycles. The molecule has 1 heterocycles. The first-order chi connectivity index (χ1) is 14.3. The van der Waals surface area contributed by atoms with Crippen molar-refractivity contribution >= 4 is 39.0 Å². The van der Waals surface area contributed by atoms with Gasteiger partial charge in [-0.2, -0.15) is 13.2 Å². The van der Waals surface area contributed by atoms with Crippen LogP contribution in [0.25, 0.3) is 20.8 Å². The van der Waals surface area contributed by atoms with Gasteiger partial charge in [0.15, 0.2) is 0 Å². The molecule has 3 aromatic carbocycles. The molecule has 1 aromatic heterocycles. The van der Waals surface area contributed by atoms with E-state index in [1.54, 1.807) is 24.3 Å². The number of carbonyl (C=O) groups is 1. The van der Waals surface area contributed by atoms with Crippen molar-refractivity contribution in [2.75, 3.05) is 10.6 Å². The number of nitrogens with one attached hydrogen (secondary N) is 2. The van der Waals surface area contributed by atoms with Gasteiger partial charge in [0, 0.05) is 16.9 Å². The van der Waals surface area contributed by atoms with E-state index in [1.807, 2.05) is 0 Å². The number of amides is 2. The van der Waals surface area contributed by atoms with Gasteiger partial charge in [0.1, 0.15) is 10.8 Å². The topological polar surface area (TPSA) is 54.0 Å². The van der Waals surface area contributed by atoms with Gasteiger partial charge >= 0.3 is 12.2 Å². The number of anilines is 2. The van der Waals surface area contributed by atoms with Gasteiger partial charge in [-0.3, -0.25) is 0 Å². The van der Waals surface area contributed by atoms with E-state index in [-0.39, 0.29) is 5.52 Å². The van der Waals surface area contributed by atoms with E-state index >= 15 is 0 Å². The van der Waals surface area contributed by atoms with Crippen molar-refractivity contribution in [3.8, 4) is 10.6 Å². The lowest BCUT2D eigenvalue weighted by Crippen LogP contribution is -2.19. The Morgan fingerprint density at radius 1 is 0.900 bits per heavy atom. The number of aromatic nitrogens is 1. The lowest BCUT2D eigenvalue weighted by Gasteiger charge is -2.08. The lowest BCUT2D eigenvalue weighted by molar-refractivity contribution is -0.137. The number of carbonyl (C=O) groups excluding carboxylic acids is 1. The normalized spacial score (nSPS) is 11.5. The zero-order valence-corrected chi connectivity index (χ0v) is 15.9. The van der Waals surface area contributed by atoms with Gasteiger partial charge < -0.3 is 10.6 Å². The fraction of sp³-hybridized carbons (Fsp3) is 0.0476. The summed E-state index contributed by atoms with van der Waals surface area (Å²) in [6.07, 6.45) is -4.43. The summed E-state index contributed by atoms with van der Waals surface area (Å²) in [5.74, 6) is -0.410. The van der Waals surface area contributed by atoms with E-state index in [2.05, 4.69) is 15.6 Å². The third kappa shape index (κ3) is 4.41. The van der Waals surface area contributed by atoms with Crippen LogP contribution in [0.3, 0.4) is 0 Å². The van der Waals surface area contributed by atoms with Crippen LogP contribution < -0.4 is 10.6 Å². The third-order valence-electron chi connectivity index (χ3n) is 4.18. The van der Waals surface area contributed by atoms with Crippen molar-refractivity contribution in [1.82, 2.24) is 4.98 Å². The molecule has 9 heteroatoms. The third-order valence-corrected chi connectivity index (χ3v) is 5.27. The summed E-state index contributed by atoms with van der Waals surface area (Å²) in [6, 6.07) is 15.1. The quantitative estimate of drug-likeness (QED) is 0.352. The van der Waals surface area contributed by atoms with Gasteiger partial charge in [-0.25, -0.2) is 14.2 Å². The maximum absolute atomic E-state index is 12.9. The van der Waals surface area contributed by atoms with Crippen molar-refractivity contribution in [2.24, 2.45) is 0 Å². The number of urea groups is 1. The van der Waals surface area contributed by atoms with E-state index < -0.39 is 23.6 Å². The highest BCUT2D eigenvalue weighted by Gasteiger charge is 2.30. The first-order valence-electron chi connectivity index (χ1n) is 8.70. The maximum atomic E-state index is 12.9. The van der Waals surface area contributed by atoms with Crippen LogP contribution in [-0.4, -0.2) is 11.0 Å². The molecule has 4 rings (SSSR count). The minimum absolute atomic E-state index is 0.261. The number of halogens is 4. The van der Waals surface area contributed by atoms with Crippen LogP contribution in [0.1, 0.15) is 5.56 Å². The number of hydrogen-bond acceptors (Lipinski definition) is 3. The Morgan fingerprint density at radius 2 is 1.63 bits per heavy atom. The number of hydrogen-bond donors (Lipinski definition) is 2. The Labute approximate surface area is 172 Å². The molecular weight excluding hydrogens is 418 g/mol. The van der Waals surface area contributed by atoms with Crippen molar-refractivity contribution in [3.05, 3.63) is 78.1 Å². The molecule has 0 atom stereocenters. The Bertz CT molecular complexity index is 1220. The van der Waals surface area contributed by atoms with E-state index in [4.69, 9.17) is 0 Å². The second-order valence-electron chi connectivity index (χ2n) is 6.37. The molecule has 0 saturated carbocycles. The average Bonchev–Trinajstić information content (AvgIpc) is 3.13. The zero-order valence-electron chi connectivity index (χ0n) is 15.1. The van der Waals surface area contributed by atoms with Crippen LogP contribution in [0, 0.1) is 5.82 Å². The molecule has 0 bridgehead atoms. The molecule has 2 N–H and O–H groups in total. The fourth-order valence-corrected chi connectivity index (χ4v) is 3.73. The molecule has 0 fully saturated rings. The predicted molar refractivity (Wildman–Crippen MR) is 109 cm³/mol. The molecule has 152 valence electrons. The highest BCUT2D eigenvalue weighted by atomic mass is 32.1. The van der Waals surface area contributed by atoms with Crippen molar-refractivity contribution < 1.29 is 22.4 Å². The molecule has 30 heavy (non-hydrogen) atoms. The van der Waals surface area contributed by atoms with E-state index in [1.165, 1.54) is 41.7 Å². The Balaban J connectivity index is 1.54. The average molecular weight is 431 g/mol. The van der Waals surface area contributed by atoms with E-state index in [0.717, 1.165) is 12.1 Å². The smallest absolute Gasteiger partial charge is 0.308 e. The highest BCUT2D eigenvalue weighted by Crippen LogP contribution is 2.35. The zero-order chi connectivity index (χ0) is 21.3. The molecule has 0 unspecified atom stereocenters. The number of nitrogens with zero attached hydrogens (tertiary/aromatic N) is 1. The summed E-state index contributed by atoms with van der Waals surface area (Å²) in [4.78, 5) is 16.5. The fourth-order valence-electron chi connectivity index (χ4n) is 2.78. The number of thiazole rings is 1. The molecule has 0 spiro atoms. The first kappa shape index (κ1) is 19.8.